The normalized spacial score (nSPS) is 11.8. The monoisotopic (exact) mass is 368 g/mol. The Morgan fingerprint density at radius 3 is 2.52 bits per heavy atom. The summed E-state index contributed by atoms with van der Waals surface area (Å²) < 4.78 is 14.7. The van der Waals surface area contributed by atoms with Crippen LogP contribution in [-0.2, 0) is 13.1 Å². The molecule has 6 nitrogen and oxygen atoms in total. The Morgan fingerprint density at radius 1 is 1.07 bits per heavy atom. The van der Waals surface area contributed by atoms with Gasteiger partial charge in [-0.2, -0.15) is 5.10 Å². The van der Waals surface area contributed by atoms with Crippen molar-refractivity contribution in [2.24, 2.45) is 0 Å². The number of amides is 2. The number of hydrogen-bond donors (Lipinski definition) is 3. The van der Waals surface area contributed by atoms with Crippen LogP contribution in [0.5, 0.6) is 0 Å². The zero-order valence-corrected chi connectivity index (χ0v) is 14.7. The molecule has 0 saturated heterocycles. The molecule has 0 aliphatic rings. The first-order valence-electron chi connectivity index (χ1n) is 8.61. The summed E-state index contributed by atoms with van der Waals surface area (Å²) in [5, 5.41) is 19.7. The summed E-state index contributed by atoms with van der Waals surface area (Å²) in [4.78, 5) is 12.0. The molecule has 0 fully saturated rings. The molecule has 0 aliphatic heterocycles. The molecule has 1 aromatic heterocycles. The maximum Gasteiger partial charge on any atom is 0.315 e. The minimum absolute atomic E-state index is 0.0341. The second-order valence-corrected chi connectivity index (χ2v) is 6.10. The Kier molecular flexibility index (Phi) is 6.17. The van der Waals surface area contributed by atoms with Crippen LogP contribution in [-0.4, -0.2) is 27.5 Å². The highest BCUT2D eigenvalue weighted by Crippen LogP contribution is 2.13. The molecule has 3 N–H and O–H groups in total. The van der Waals surface area contributed by atoms with Gasteiger partial charge in [0.25, 0.3) is 0 Å². The third-order valence-corrected chi connectivity index (χ3v) is 4.16. The largest absolute Gasteiger partial charge is 0.387 e. The van der Waals surface area contributed by atoms with Crippen LogP contribution in [0, 0.1) is 5.82 Å². The van der Waals surface area contributed by atoms with Crippen molar-refractivity contribution in [1.82, 2.24) is 20.4 Å². The highest BCUT2D eigenvalue weighted by molar-refractivity contribution is 5.73. The Bertz CT molecular complexity index is 866. The van der Waals surface area contributed by atoms with E-state index < -0.39 is 6.10 Å². The van der Waals surface area contributed by atoms with Crippen LogP contribution >= 0.6 is 0 Å². The van der Waals surface area contributed by atoms with Crippen molar-refractivity contribution in [1.29, 1.82) is 0 Å². The quantitative estimate of drug-likeness (QED) is 0.600. The molecule has 27 heavy (non-hydrogen) atoms. The lowest BCUT2D eigenvalue weighted by Gasteiger charge is -2.14. The van der Waals surface area contributed by atoms with E-state index in [9.17, 15) is 14.3 Å². The van der Waals surface area contributed by atoms with E-state index in [4.69, 9.17) is 0 Å². The van der Waals surface area contributed by atoms with E-state index in [1.807, 2.05) is 41.2 Å². The minimum atomic E-state index is -0.900. The van der Waals surface area contributed by atoms with Gasteiger partial charge in [0, 0.05) is 25.5 Å². The lowest BCUT2D eigenvalue weighted by molar-refractivity contribution is 0.173. The molecule has 1 atom stereocenters. The number of rotatable bonds is 7. The number of aromatic nitrogens is 2. The first kappa shape index (κ1) is 18.6. The highest BCUT2D eigenvalue weighted by Gasteiger charge is 2.10. The number of halogens is 1. The molecule has 1 heterocycles. The van der Waals surface area contributed by atoms with Gasteiger partial charge in [-0.25, -0.2) is 9.18 Å². The fourth-order valence-corrected chi connectivity index (χ4v) is 2.68. The first-order valence-corrected chi connectivity index (χ1v) is 8.61. The lowest BCUT2D eigenvalue weighted by atomic mass is 10.1. The number of nitrogens with one attached hydrogen (secondary N) is 2. The average Bonchev–Trinajstić information content (AvgIpc) is 3.19. The molecule has 3 aromatic rings. The average molecular weight is 368 g/mol. The van der Waals surface area contributed by atoms with Crippen molar-refractivity contribution in [3.8, 4) is 0 Å². The number of nitrogens with zero attached hydrogens (tertiary/aromatic N) is 2. The molecular weight excluding hydrogens is 347 g/mol. The van der Waals surface area contributed by atoms with Crippen molar-refractivity contribution in [2.75, 3.05) is 6.54 Å². The van der Waals surface area contributed by atoms with Crippen molar-refractivity contribution in [3.05, 3.63) is 89.5 Å². The van der Waals surface area contributed by atoms with Crippen molar-refractivity contribution < 1.29 is 14.3 Å². The van der Waals surface area contributed by atoms with E-state index in [0.717, 1.165) is 11.1 Å². The predicted octanol–water partition coefficient (Wildman–Crippen LogP) is 2.60. The maximum absolute atomic E-state index is 12.9. The third kappa shape index (κ3) is 5.39. The van der Waals surface area contributed by atoms with Crippen LogP contribution in [0.3, 0.4) is 0 Å². The molecule has 0 radical (unpaired) electrons. The topological polar surface area (TPSA) is 79.2 Å². The lowest BCUT2D eigenvalue weighted by Crippen LogP contribution is -2.37. The van der Waals surface area contributed by atoms with Gasteiger partial charge in [-0.15, -0.1) is 0 Å². The summed E-state index contributed by atoms with van der Waals surface area (Å²) in [5.41, 5.74) is 2.59. The van der Waals surface area contributed by atoms with Gasteiger partial charge in [0.15, 0.2) is 0 Å². The Hall–Kier alpha value is -3.19. The van der Waals surface area contributed by atoms with Crippen molar-refractivity contribution in [2.45, 2.75) is 19.2 Å². The van der Waals surface area contributed by atoms with Crippen LogP contribution in [0.25, 0.3) is 0 Å². The molecule has 0 saturated carbocycles. The van der Waals surface area contributed by atoms with E-state index in [1.165, 1.54) is 24.3 Å². The van der Waals surface area contributed by atoms with Gasteiger partial charge in [-0.05, 0) is 34.9 Å². The fraction of sp³-hybridized carbons (Fsp3) is 0.200. The smallest absolute Gasteiger partial charge is 0.315 e. The summed E-state index contributed by atoms with van der Waals surface area (Å²) in [5.74, 6) is -0.370. The van der Waals surface area contributed by atoms with Gasteiger partial charge in [-0.1, -0.05) is 36.4 Å². The van der Waals surface area contributed by atoms with Gasteiger partial charge in [0.05, 0.1) is 12.6 Å². The standard InChI is InChI=1S/C20H21FN4O2/c21-18-8-6-15(7-9-18)19(26)13-23-20(27)22-12-16-4-1-2-5-17(16)14-25-11-3-10-24-25/h1-11,19,26H,12-14H2,(H2,22,23,27)/t19-/m1/s1. The molecule has 140 valence electrons. The van der Waals surface area contributed by atoms with Gasteiger partial charge in [0.1, 0.15) is 5.82 Å². The number of aliphatic hydroxyl groups excluding tert-OH is 1. The van der Waals surface area contributed by atoms with E-state index >= 15 is 0 Å². The molecule has 0 bridgehead atoms. The van der Waals surface area contributed by atoms with Crippen molar-refractivity contribution in [3.63, 3.8) is 0 Å². The summed E-state index contributed by atoms with van der Waals surface area (Å²) in [7, 11) is 0. The predicted molar refractivity (Wildman–Crippen MR) is 99.4 cm³/mol. The van der Waals surface area contributed by atoms with Crippen molar-refractivity contribution >= 4 is 6.03 Å². The van der Waals surface area contributed by atoms with Crippen LogP contribution < -0.4 is 10.6 Å². The Labute approximate surface area is 156 Å². The zero-order valence-electron chi connectivity index (χ0n) is 14.7. The van der Waals surface area contributed by atoms with E-state index in [-0.39, 0.29) is 18.4 Å². The van der Waals surface area contributed by atoms with Crippen LogP contribution in [0.2, 0.25) is 0 Å². The van der Waals surface area contributed by atoms with Gasteiger partial charge >= 0.3 is 6.03 Å². The molecule has 2 amide bonds. The number of carbonyl (C=O) groups is 1. The summed E-state index contributed by atoms with van der Waals surface area (Å²) in [6.07, 6.45) is 2.71. The molecule has 0 aliphatic carbocycles. The summed E-state index contributed by atoms with van der Waals surface area (Å²) >= 11 is 0. The minimum Gasteiger partial charge on any atom is -0.387 e. The van der Waals surface area contributed by atoms with Gasteiger partial charge in [0.2, 0.25) is 0 Å². The Balaban J connectivity index is 1.50. The number of aliphatic hydroxyl groups is 1. The zero-order chi connectivity index (χ0) is 19.1. The SMILES string of the molecule is O=C(NCc1ccccc1Cn1cccn1)NC[C@@H](O)c1ccc(F)cc1. The van der Waals surface area contributed by atoms with E-state index in [0.29, 0.717) is 18.7 Å². The summed E-state index contributed by atoms with van der Waals surface area (Å²) in [6.45, 7) is 1.01. The maximum atomic E-state index is 12.9. The fourth-order valence-electron chi connectivity index (χ4n) is 2.68. The number of hydrogen-bond acceptors (Lipinski definition) is 3. The number of urea groups is 1. The van der Waals surface area contributed by atoms with E-state index in [2.05, 4.69) is 15.7 Å². The Morgan fingerprint density at radius 2 is 1.81 bits per heavy atom. The molecule has 2 aromatic carbocycles. The number of carbonyl (C=O) groups excluding carboxylic acids is 1. The summed E-state index contributed by atoms with van der Waals surface area (Å²) in [6, 6.07) is 14.8. The van der Waals surface area contributed by atoms with E-state index in [1.54, 1.807) is 6.20 Å². The molecule has 0 spiro atoms. The third-order valence-electron chi connectivity index (χ3n) is 4.16. The second kappa shape index (κ2) is 8.95. The van der Waals surface area contributed by atoms with Crippen LogP contribution in [0.15, 0.2) is 67.0 Å². The van der Waals surface area contributed by atoms with Gasteiger partial charge < -0.3 is 15.7 Å². The molecule has 3 rings (SSSR count). The van der Waals surface area contributed by atoms with Gasteiger partial charge in [-0.3, -0.25) is 4.68 Å². The molecule has 7 heteroatoms. The molecule has 0 unspecified atom stereocenters. The highest BCUT2D eigenvalue weighted by atomic mass is 19.1. The van der Waals surface area contributed by atoms with Crippen LogP contribution in [0.1, 0.15) is 22.8 Å². The first-order chi connectivity index (χ1) is 13.1. The number of benzene rings is 2. The second-order valence-electron chi connectivity index (χ2n) is 6.10. The molecular formula is C20H21FN4O2. The van der Waals surface area contributed by atoms with Crippen LogP contribution in [0.4, 0.5) is 9.18 Å².